The maximum Gasteiger partial charge on any atom is 0.224 e. The van der Waals surface area contributed by atoms with Crippen molar-refractivity contribution in [3.63, 3.8) is 0 Å². The number of hydrogen-bond acceptors (Lipinski definition) is 6. The first kappa shape index (κ1) is 23.8. The average Bonchev–Trinajstić information content (AvgIpc) is 3.11. The van der Waals surface area contributed by atoms with Gasteiger partial charge in [-0.2, -0.15) is 5.26 Å². The van der Waals surface area contributed by atoms with Crippen molar-refractivity contribution in [2.75, 3.05) is 25.4 Å². The van der Waals surface area contributed by atoms with Gasteiger partial charge in [-0.05, 0) is 98.4 Å². The minimum Gasteiger partial charge on any atom is -0.375 e. The van der Waals surface area contributed by atoms with Crippen LogP contribution in [0.4, 0.5) is 5.13 Å². The van der Waals surface area contributed by atoms with E-state index in [9.17, 15) is 4.79 Å². The van der Waals surface area contributed by atoms with E-state index in [0.29, 0.717) is 17.6 Å². The number of nitrogens with two attached hydrogens (primary N) is 1. The standard InChI is InChI=1S/C28H33N5OS/c29-18-21-1-5-22-10-13-33(14-11-23(22)15-21)12-9-19-2-6-24(7-3-19)31-27(34)17-20-4-8-25-26(16-20)35-28(30)32-25/h1,4-5,8,15-16,19,24H,2-3,6-7,9-14,17H2,(H2,30,32)(H,31,34). The van der Waals surface area contributed by atoms with Crippen LogP contribution in [0, 0.1) is 17.2 Å². The van der Waals surface area contributed by atoms with Crippen LogP contribution in [0.15, 0.2) is 36.4 Å². The van der Waals surface area contributed by atoms with Gasteiger partial charge in [0, 0.05) is 19.1 Å². The number of carbonyl (C=O) groups is 1. The second-order valence-electron chi connectivity index (χ2n) is 10.0. The molecule has 0 unspecified atom stereocenters. The lowest BCUT2D eigenvalue weighted by molar-refractivity contribution is -0.121. The Morgan fingerprint density at radius 2 is 1.91 bits per heavy atom. The maximum atomic E-state index is 12.6. The Labute approximate surface area is 211 Å². The molecule has 182 valence electrons. The largest absolute Gasteiger partial charge is 0.375 e. The van der Waals surface area contributed by atoms with Gasteiger partial charge in [-0.25, -0.2) is 4.98 Å². The van der Waals surface area contributed by atoms with Gasteiger partial charge in [0.25, 0.3) is 0 Å². The fraction of sp³-hybridized carbons (Fsp3) is 0.464. The van der Waals surface area contributed by atoms with Gasteiger partial charge in [-0.1, -0.05) is 23.5 Å². The predicted octanol–water partition coefficient (Wildman–Crippen LogP) is 4.46. The highest BCUT2D eigenvalue weighted by Gasteiger charge is 2.23. The Balaban J connectivity index is 1.03. The normalized spacial score (nSPS) is 20.7. The molecule has 35 heavy (non-hydrogen) atoms. The topological polar surface area (TPSA) is 95.0 Å². The second-order valence-corrected chi connectivity index (χ2v) is 11.1. The minimum atomic E-state index is 0.106. The molecule has 1 saturated carbocycles. The molecule has 5 rings (SSSR count). The Bertz CT molecular complexity index is 1240. The number of carbonyl (C=O) groups excluding carboxylic acids is 1. The molecular formula is C28H33N5OS. The molecule has 1 fully saturated rings. The van der Waals surface area contributed by atoms with E-state index >= 15 is 0 Å². The highest BCUT2D eigenvalue weighted by atomic mass is 32.1. The number of rotatable bonds is 6. The monoisotopic (exact) mass is 487 g/mol. The first-order valence-electron chi connectivity index (χ1n) is 12.7. The zero-order chi connectivity index (χ0) is 24.2. The Morgan fingerprint density at radius 3 is 2.71 bits per heavy atom. The number of aromatic nitrogens is 1. The third-order valence-electron chi connectivity index (χ3n) is 7.63. The molecule has 1 aliphatic carbocycles. The van der Waals surface area contributed by atoms with Crippen molar-refractivity contribution >= 4 is 32.6 Å². The number of fused-ring (bicyclic) bond motifs is 2. The summed E-state index contributed by atoms with van der Waals surface area (Å²) in [5.41, 5.74) is 11.2. The number of benzene rings is 2. The molecule has 0 bridgehead atoms. The van der Waals surface area contributed by atoms with E-state index in [1.165, 1.54) is 41.7 Å². The van der Waals surface area contributed by atoms with Crippen molar-refractivity contribution in [2.45, 2.75) is 57.4 Å². The molecule has 1 amide bonds. The van der Waals surface area contributed by atoms with E-state index < -0.39 is 0 Å². The summed E-state index contributed by atoms with van der Waals surface area (Å²) in [7, 11) is 0. The summed E-state index contributed by atoms with van der Waals surface area (Å²) in [5.74, 6) is 0.854. The van der Waals surface area contributed by atoms with Crippen LogP contribution < -0.4 is 11.1 Å². The number of thiazole rings is 1. The molecule has 3 aromatic rings. The van der Waals surface area contributed by atoms with Crippen molar-refractivity contribution in [2.24, 2.45) is 5.92 Å². The summed E-state index contributed by atoms with van der Waals surface area (Å²) in [6.07, 6.45) is 8.27. The zero-order valence-corrected chi connectivity index (χ0v) is 20.9. The number of nitrogen functional groups attached to an aromatic ring is 1. The lowest BCUT2D eigenvalue weighted by Crippen LogP contribution is -2.39. The summed E-state index contributed by atoms with van der Waals surface area (Å²) in [5, 5.41) is 13.0. The van der Waals surface area contributed by atoms with Crippen LogP contribution in [0.2, 0.25) is 0 Å². The van der Waals surface area contributed by atoms with Crippen molar-refractivity contribution in [1.29, 1.82) is 5.26 Å². The molecule has 2 aromatic carbocycles. The number of hydrogen-bond donors (Lipinski definition) is 2. The third kappa shape index (κ3) is 6.01. The van der Waals surface area contributed by atoms with Gasteiger partial charge in [0.1, 0.15) is 0 Å². The van der Waals surface area contributed by atoms with E-state index in [1.54, 1.807) is 0 Å². The third-order valence-corrected chi connectivity index (χ3v) is 8.48. The van der Waals surface area contributed by atoms with Crippen molar-refractivity contribution in [1.82, 2.24) is 15.2 Å². The molecule has 1 aromatic heterocycles. The Hall–Kier alpha value is -2.95. The first-order valence-corrected chi connectivity index (χ1v) is 13.6. The highest BCUT2D eigenvalue weighted by molar-refractivity contribution is 7.22. The molecule has 1 aliphatic heterocycles. The van der Waals surface area contributed by atoms with Crippen LogP contribution in [0.25, 0.3) is 10.2 Å². The van der Waals surface area contributed by atoms with E-state index in [0.717, 1.165) is 72.6 Å². The van der Waals surface area contributed by atoms with Gasteiger partial charge in [-0.3, -0.25) is 4.79 Å². The lowest BCUT2D eigenvalue weighted by atomic mass is 9.84. The SMILES string of the molecule is N#Cc1ccc2c(c1)CCN(CCC1CCC(NC(=O)Cc3ccc4nc(N)sc4c3)CC1)CC2. The number of amides is 1. The predicted molar refractivity (Wildman–Crippen MR) is 141 cm³/mol. The number of nitrogens with one attached hydrogen (secondary N) is 1. The molecule has 0 atom stereocenters. The van der Waals surface area contributed by atoms with E-state index in [4.69, 9.17) is 11.0 Å². The van der Waals surface area contributed by atoms with E-state index in [2.05, 4.69) is 33.4 Å². The average molecular weight is 488 g/mol. The molecule has 2 heterocycles. The Kier molecular flexibility index (Phi) is 7.31. The first-order chi connectivity index (χ1) is 17.1. The molecular weight excluding hydrogens is 454 g/mol. The number of anilines is 1. The lowest BCUT2D eigenvalue weighted by Gasteiger charge is -2.30. The molecule has 0 saturated heterocycles. The number of nitriles is 1. The van der Waals surface area contributed by atoms with Crippen molar-refractivity contribution in [3.8, 4) is 6.07 Å². The summed E-state index contributed by atoms with van der Waals surface area (Å²) in [6.45, 7) is 3.32. The van der Waals surface area contributed by atoms with Crippen LogP contribution in [-0.4, -0.2) is 41.5 Å². The summed E-state index contributed by atoms with van der Waals surface area (Å²) in [4.78, 5) is 19.5. The van der Waals surface area contributed by atoms with Gasteiger partial charge in [0.15, 0.2) is 5.13 Å². The molecule has 2 aliphatic rings. The Morgan fingerprint density at radius 1 is 1.11 bits per heavy atom. The van der Waals surface area contributed by atoms with Gasteiger partial charge in [0.05, 0.1) is 28.3 Å². The fourth-order valence-electron chi connectivity index (χ4n) is 5.59. The van der Waals surface area contributed by atoms with Crippen molar-refractivity contribution < 1.29 is 4.79 Å². The summed E-state index contributed by atoms with van der Waals surface area (Å²) >= 11 is 1.46. The fourth-order valence-corrected chi connectivity index (χ4v) is 6.38. The van der Waals surface area contributed by atoms with Gasteiger partial charge in [-0.15, -0.1) is 0 Å². The van der Waals surface area contributed by atoms with E-state index in [1.807, 2.05) is 24.3 Å². The maximum absolute atomic E-state index is 12.6. The second kappa shape index (κ2) is 10.8. The quantitative estimate of drug-likeness (QED) is 0.535. The molecule has 3 N–H and O–H groups in total. The van der Waals surface area contributed by atoms with E-state index in [-0.39, 0.29) is 5.91 Å². The van der Waals surface area contributed by atoms with Crippen LogP contribution >= 0.6 is 11.3 Å². The minimum absolute atomic E-state index is 0.106. The summed E-state index contributed by atoms with van der Waals surface area (Å²) < 4.78 is 1.04. The molecule has 0 spiro atoms. The van der Waals surface area contributed by atoms with Crippen molar-refractivity contribution in [3.05, 3.63) is 58.7 Å². The summed E-state index contributed by atoms with van der Waals surface area (Å²) in [6, 6.07) is 14.7. The zero-order valence-electron chi connectivity index (χ0n) is 20.1. The van der Waals surface area contributed by atoms with Crippen LogP contribution in [0.5, 0.6) is 0 Å². The van der Waals surface area contributed by atoms with Gasteiger partial charge >= 0.3 is 0 Å². The van der Waals surface area contributed by atoms with Gasteiger partial charge < -0.3 is 16.0 Å². The smallest absolute Gasteiger partial charge is 0.224 e. The van der Waals surface area contributed by atoms with Crippen LogP contribution in [0.3, 0.4) is 0 Å². The molecule has 6 nitrogen and oxygen atoms in total. The van der Waals surface area contributed by atoms with Crippen LogP contribution in [-0.2, 0) is 24.1 Å². The highest BCUT2D eigenvalue weighted by Crippen LogP contribution is 2.28. The molecule has 0 radical (unpaired) electrons. The molecule has 7 heteroatoms. The van der Waals surface area contributed by atoms with Gasteiger partial charge in [0.2, 0.25) is 5.91 Å². The van der Waals surface area contributed by atoms with Crippen LogP contribution in [0.1, 0.15) is 54.4 Å². The number of nitrogens with zero attached hydrogens (tertiary/aromatic N) is 3.